The Morgan fingerprint density at radius 2 is 1.80 bits per heavy atom. The number of ether oxygens (including phenoxy) is 1. The van der Waals surface area contributed by atoms with Crippen LogP contribution >= 0.6 is 0 Å². The Kier molecular flexibility index (Phi) is 3.36. The highest BCUT2D eigenvalue weighted by molar-refractivity contribution is 7.89. The molecule has 0 aliphatic carbocycles. The largest absolute Gasteiger partial charge is 0.496 e. The Hall–Kier alpha value is -1.07. The van der Waals surface area contributed by atoms with Crippen molar-refractivity contribution >= 4 is 10.0 Å². The molecule has 0 aliphatic heterocycles. The third kappa shape index (κ3) is 2.30. The molecule has 1 aromatic carbocycles. The summed E-state index contributed by atoms with van der Waals surface area (Å²) in [7, 11) is -0.497. The van der Waals surface area contributed by atoms with Gasteiger partial charge in [-0.15, -0.1) is 0 Å². The van der Waals surface area contributed by atoms with Gasteiger partial charge in [-0.05, 0) is 32.0 Å². The molecule has 1 aromatic rings. The van der Waals surface area contributed by atoms with E-state index in [2.05, 4.69) is 4.72 Å². The fourth-order valence-electron chi connectivity index (χ4n) is 1.43. The molecule has 0 amide bonds. The summed E-state index contributed by atoms with van der Waals surface area (Å²) in [6.45, 7) is 3.64. The van der Waals surface area contributed by atoms with Gasteiger partial charge in [-0.2, -0.15) is 0 Å². The predicted octanol–water partition coefficient (Wildman–Crippen LogP) is 1.22. The van der Waals surface area contributed by atoms with Gasteiger partial charge in [0.2, 0.25) is 10.0 Å². The molecule has 4 nitrogen and oxygen atoms in total. The molecule has 0 aromatic heterocycles. The van der Waals surface area contributed by atoms with Crippen molar-refractivity contribution < 1.29 is 13.2 Å². The minimum atomic E-state index is -3.41. The molecule has 0 aliphatic rings. The Balaban J connectivity index is 3.44. The van der Waals surface area contributed by atoms with Gasteiger partial charge >= 0.3 is 0 Å². The lowest BCUT2D eigenvalue weighted by Crippen LogP contribution is -2.19. The van der Waals surface area contributed by atoms with Crippen molar-refractivity contribution in [2.75, 3.05) is 14.2 Å². The number of sulfonamides is 1. The van der Waals surface area contributed by atoms with Gasteiger partial charge in [-0.1, -0.05) is 6.07 Å². The van der Waals surface area contributed by atoms with E-state index in [4.69, 9.17) is 4.74 Å². The van der Waals surface area contributed by atoms with E-state index in [1.54, 1.807) is 13.0 Å². The van der Waals surface area contributed by atoms with Crippen LogP contribution in [0.1, 0.15) is 11.1 Å². The van der Waals surface area contributed by atoms with Crippen LogP contribution in [-0.4, -0.2) is 22.6 Å². The highest BCUT2D eigenvalue weighted by Crippen LogP contribution is 2.25. The van der Waals surface area contributed by atoms with E-state index in [0.29, 0.717) is 11.3 Å². The summed E-state index contributed by atoms with van der Waals surface area (Å²) in [5.41, 5.74) is 1.63. The van der Waals surface area contributed by atoms with Crippen molar-refractivity contribution in [1.82, 2.24) is 4.72 Å². The minimum absolute atomic E-state index is 0.257. The number of nitrogens with one attached hydrogen (secondary N) is 1. The highest BCUT2D eigenvalue weighted by Gasteiger charge is 2.16. The van der Waals surface area contributed by atoms with Crippen LogP contribution in [-0.2, 0) is 10.0 Å². The molecule has 0 bridgehead atoms. The van der Waals surface area contributed by atoms with Crippen molar-refractivity contribution in [2.24, 2.45) is 0 Å². The van der Waals surface area contributed by atoms with Crippen molar-refractivity contribution in [3.63, 3.8) is 0 Å². The Morgan fingerprint density at radius 3 is 2.27 bits per heavy atom. The van der Waals surface area contributed by atoms with Crippen LogP contribution < -0.4 is 9.46 Å². The van der Waals surface area contributed by atoms with Crippen molar-refractivity contribution in [2.45, 2.75) is 18.7 Å². The standard InChI is InChI=1S/C10H15NO3S/c1-7-5-8(2)10(6-9(7)14-4)15(12,13)11-3/h5-6,11H,1-4H3. The Labute approximate surface area is 90.3 Å². The van der Waals surface area contributed by atoms with Crippen LogP contribution in [0, 0.1) is 13.8 Å². The normalized spacial score (nSPS) is 11.5. The van der Waals surface area contributed by atoms with E-state index in [1.165, 1.54) is 20.2 Å². The fraction of sp³-hybridized carbons (Fsp3) is 0.400. The zero-order valence-electron chi connectivity index (χ0n) is 9.29. The summed E-state index contributed by atoms with van der Waals surface area (Å²) in [6.07, 6.45) is 0. The highest BCUT2D eigenvalue weighted by atomic mass is 32.2. The van der Waals surface area contributed by atoms with Gasteiger partial charge in [-0.3, -0.25) is 0 Å². The molecule has 84 valence electrons. The lowest BCUT2D eigenvalue weighted by Gasteiger charge is -2.11. The molecular formula is C10H15NO3S. The first-order valence-corrected chi connectivity index (χ1v) is 5.99. The maximum atomic E-state index is 11.6. The summed E-state index contributed by atoms with van der Waals surface area (Å²) in [5, 5.41) is 0. The van der Waals surface area contributed by atoms with E-state index in [9.17, 15) is 8.42 Å². The molecule has 0 fully saturated rings. The van der Waals surface area contributed by atoms with Crippen LogP contribution in [0.15, 0.2) is 17.0 Å². The van der Waals surface area contributed by atoms with Gasteiger partial charge in [0.05, 0.1) is 12.0 Å². The van der Waals surface area contributed by atoms with Gasteiger partial charge in [0.1, 0.15) is 5.75 Å². The molecule has 0 unspecified atom stereocenters. The van der Waals surface area contributed by atoms with E-state index in [-0.39, 0.29) is 4.90 Å². The lowest BCUT2D eigenvalue weighted by atomic mass is 10.1. The minimum Gasteiger partial charge on any atom is -0.496 e. The fourth-order valence-corrected chi connectivity index (χ4v) is 2.40. The van der Waals surface area contributed by atoms with Crippen LogP contribution in [0.5, 0.6) is 5.75 Å². The Morgan fingerprint density at radius 1 is 1.20 bits per heavy atom. The molecule has 15 heavy (non-hydrogen) atoms. The molecule has 5 heteroatoms. The average molecular weight is 229 g/mol. The molecule has 1 N–H and O–H groups in total. The molecule has 0 saturated heterocycles. The van der Waals surface area contributed by atoms with E-state index in [1.807, 2.05) is 6.92 Å². The quantitative estimate of drug-likeness (QED) is 0.848. The lowest BCUT2D eigenvalue weighted by molar-refractivity contribution is 0.410. The second-order valence-corrected chi connectivity index (χ2v) is 5.15. The predicted molar refractivity (Wildman–Crippen MR) is 58.7 cm³/mol. The summed E-state index contributed by atoms with van der Waals surface area (Å²) < 4.78 is 30.6. The first kappa shape index (κ1) is 12.0. The molecule has 0 saturated carbocycles. The van der Waals surface area contributed by atoms with Gasteiger partial charge < -0.3 is 4.74 Å². The SMILES string of the molecule is CNS(=O)(=O)c1cc(OC)c(C)cc1C. The van der Waals surface area contributed by atoms with Crippen molar-refractivity contribution in [1.29, 1.82) is 0 Å². The summed E-state index contributed by atoms with van der Waals surface area (Å²) >= 11 is 0. The second-order valence-electron chi connectivity index (χ2n) is 3.29. The van der Waals surface area contributed by atoms with Crippen molar-refractivity contribution in [3.8, 4) is 5.75 Å². The van der Waals surface area contributed by atoms with E-state index < -0.39 is 10.0 Å². The maximum Gasteiger partial charge on any atom is 0.240 e. The second kappa shape index (κ2) is 4.20. The number of hydrogen-bond acceptors (Lipinski definition) is 3. The zero-order chi connectivity index (χ0) is 11.6. The molecule has 0 atom stereocenters. The smallest absolute Gasteiger partial charge is 0.240 e. The first-order valence-electron chi connectivity index (χ1n) is 4.51. The molecule has 1 rings (SSSR count). The number of methoxy groups -OCH3 is 1. The summed E-state index contributed by atoms with van der Waals surface area (Å²) in [4.78, 5) is 0.257. The van der Waals surface area contributed by atoms with Crippen LogP contribution in [0.3, 0.4) is 0 Å². The van der Waals surface area contributed by atoms with Gasteiger partial charge in [0, 0.05) is 6.07 Å². The number of aryl methyl sites for hydroxylation is 2. The summed E-state index contributed by atoms with van der Waals surface area (Å²) in [6, 6.07) is 3.33. The number of benzene rings is 1. The van der Waals surface area contributed by atoms with Crippen LogP contribution in [0.2, 0.25) is 0 Å². The van der Waals surface area contributed by atoms with Gasteiger partial charge in [0.15, 0.2) is 0 Å². The van der Waals surface area contributed by atoms with Gasteiger partial charge in [0.25, 0.3) is 0 Å². The Bertz CT molecular complexity index is 466. The zero-order valence-corrected chi connectivity index (χ0v) is 10.1. The third-order valence-electron chi connectivity index (χ3n) is 2.25. The molecule has 0 spiro atoms. The van der Waals surface area contributed by atoms with Gasteiger partial charge in [-0.25, -0.2) is 13.1 Å². The van der Waals surface area contributed by atoms with E-state index >= 15 is 0 Å². The molecule has 0 radical (unpaired) electrons. The van der Waals surface area contributed by atoms with Crippen LogP contribution in [0.25, 0.3) is 0 Å². The average Bonchev–Trinajstić information content (AvgIpc) is 2.17. The first-order chi connectivity index (χ1) is 6.92. The number of rotatable bonds is 3. The van der Waals surface area contributed by atoms with E-state index in [0.717, 1.165) is 5.56 Å². The third-order valence-corrected chi connectivity index (χ3v) is 3.81. The van der Waals surface area contributed by atoms with Crippen LogP contribution in [0.4, 0.5) is 0 Å². The van der Waals surface area contributed by atoms with Crippen molar-refractivity contribution in [3.05, 3.63) is 23.3 Å². The molecular weight excluding hydrogens is 214 g/mol. The number of hydrogen-bond donors (Lipinski definition) is 1. The topological polar surface area (TPSA) is 55.4 Å². The maximum absolute atomic E-state index is 11.6. The monoisotopic (exact) mass is 229 g/mol. The molecule has 0 heterocycles. The summed E-state index contributed by atoms with van der Waals surface area (Å²) in [5.74, 6) is 0.578.